The standard InChI is InChI=1S/C13H14N2O/c1-3-4-9-15-12-8-6-5-7-11(12)13(14-15)10(2)16/h3-8H,9H2,1-2H3/b4-3+. The Morgan fingerprint density at radius 2 is 2.19 bits per heavy atom. The van der Waals surface area contributed by atoms with Crippen molar-refractivity contribution < 1.29 is 4.79 Å². The van der Waals surface area contributed by atoms with Gasteiger partial charge in [0.2, 0.25) is 0 Å². The highest BCUT2D eigenvalue weighted by Gasteiger charge is 2.12. The van der Waals surface area contributed by atoms with Crippen LogP contribution in [0.3, 0.4) is 0 Å². The maximum atomic E-state index is 11.5. The van der Waals surface area contributed by atoms with Gasteiger partial charge in [0.1, 0.15) is 5.69 Å². The third-order valence-corrected chi connectivity index (χ3v) is 2.51. The van der Waals surface area contributed by atoms with Crippen molar-refractivity contribution in [3.8, 4) is 0 Å². The van der Waals surface area contributed by atoms with E-state index in [1.165, 1.54) is 0 Å². The number of ketones is 1. The number of fused-ring (bicyclic) bond motifs is 1. The van der Waals surface area contributed by atoms with Gasteiger partial charge in [0.05, 0.1) is 12.1 Å². The first-order valence-electron chi connectivity index (χ1n) is 5.31. The number of carbonyl (C=O) groups is 1. The first-order chi connectivity index (χ1) is 7.74. The van der Waals surface area contributed by atoms with Crippen molar-refractivity contribution in [2.75, 3.05) is 0 Å². The molecule has 0 spiro atoms. The number of allylic oxidation sites excluding steroid dienone is 2. The number of rotatable bonds is 3. The van der Waals surface area contributed by atoms with Crippen LogP contribution in [0.15, 0.2) is 36.4 Å². The van der Waals surface area contributed by atoms with Crippen molar-refractivity contribution in [1.82, 2.24) is 9.78 Å². The summed E-state index contributed by atoms with van der Waals surface area (Å²) in [6.45, 7) is 4.22. The number of carbonyl (C=O) groups excluding carboxylic acids is 1. The Kier molecular flexibility index (Phi) is 2.86. The van der Waals surface area contributed by atoms with Crippen LogP contribution in [0.4, 0.5) is 0 Å². The molecule has 0 saturated heterocycles. The number of para-hydroxylation sites is 1. The second-order valence-electron chi connectivity index (χ2n) is 3.67. The van der Waals surface area contributed by atoms with E-state index in [1.807, 2.05) is 48.0 Å². The molecule has 0 aliphatic carbocycles. The Hall–Kier alpha value is -1.90. The van der Waals surface area contributed by atoms with Crippen molar-refractivity contribution in [1.29, 1.82) is 0 Å². The summed E-state index contributed by atoms with van der Waals surface area (Å²) >= 11 is 0. The first kappa shape index (κ1) is 10.6. The van der Waals surface area contributed by atoms with Crippen molar-refractivity contribution in [2.45, 2.75) is 20.4 Å². The van der Waals surface area contributed by atoms with Crippen LogP contribution in [0, 0.1) is 0 Å². The average molecular weight is 214 g/mol. The van der Waals surface area contributed by atoms with Crippen LogP contribution in [0.25, 0.3) is 10.9 Å². The molecule has 0 radical (unpaired) electrons. The van der Waals surface area contributed by atoms with Gasteiger partial charge >= 0.3 is 0 Å². The van der Waals surface area contributed by atoms with Gasteiger partial charge in [-0.25, -0.2) is 0 Å². The molecule has 2 aromatic rings. The van der Waals surface area contributed by atoms with Gasteiger partial charge in [0.15, 0.2) is 5.78 Å². The van der Waals surface area contributed by atoms with Crippen molar-refractivity contribution in [2.24, 2.45) is 0 Å². The van der Waals surface area contributed by atoms with Gasteiger partial charge in [0, 0.05) is 12.3 Å². The predicted octanol–water partition coefficient (Wildman–Crippen LogP) is 2.82. The van der Waals surface area contributed by atoms with Gasteiger partial charge in [-0.2, -0.15) is 5.10 Å². The van der Waals surface area contributed by atoms with Crippen molar-refractivity contribution >= 4 is 16.7 Å². The highest BCUT2D eigenvalue weighted by Crippen LogP contribution is 2.18. The summed E-state index contributed by atoms with van der Waals surface area (Å²) in [6, 6.07) is 7.81. The minimum atomic E-state index is 0.00966. The summed E-state index contributed by atoms with van der Waals surface area (Å²) < 4.78 is 1.85. The molecule has 0 aliphatic heterocycles. The molecule has 0 bridgehead atoms. The molecule has 0 aliphatic rings. The van der Waals surface area contributed by atoms with E-state index < -0.39 is 0 Å². The lowest BCUT2D eigenvalue weighted by Crippen LogP contribution is -2.00. The summed E-state index contributed by atoms with van der Waals surface area (Å²) in [5.74, 6) is 0.00966. The minimum Gasteiger partial charge on any atom is -0.293 e. The molecule has 0 atom stereocenters. The quantitative estimate of drug-likeness (QED) is 0.581. The molecule has 0 unspecified atom stereocenters. The van der Waals surface area contributed by atoms with Crippen LogP contribution in [0.2, 0.25) is 0 Å². The molecular weight excluding hydrogens is 200 g/mol. The fourth-order valence-electron chi connectivity index (χ4n) is 1.73. The van der Waals surface area contributed by atoms with E-state index in [9.17, 15) is 4.79 Å². The van der Waals surface area contributed by atoms with Gasteiger partial charge in [0.25, 0.3) is 0 Å². The number of aromatic nitrogens is 2. The molecule has 1 aromatic heterocycles. The first-order valence-corrected chi connectivity index (χ1v) is 5.31. The zero-order chi connectivity index (χ0) is 11.5. The van der Waals surface area contributed by atoms with E-state index in [0.29, 0.717) is 12.2 Å². The summed E-state index contributed by atoms with van der Waals surface area (Å²) in [4.78, 5) is 11.5. The lowest BCUT2D eigenvalue weighted by molar-refractivity contribution is 0.101. The maximum Gasteiger partial charge on any atom is 0.180 e. The molecule has 2 rings (SSSR count). The summed E-state index contributed by atoms with van der Waals surface area (Å²) in [5.41, 5.74) is 1.56. The normalized spacial score (nSPS) is 11.4. The largest absolute Gasteiger partial charge is 0.293 e. The Morgan fingerprint density at radius 1 is 1.44 bits per heavy atom. The van der Waals surface area contributed by atoms with Gasteiger partial charge < -0.3 is 0 Å². The number of hydrogen-bond donors (Lipinski definition) is 0. The SMILES string of the molecule is C/C=C/Cn1nc(C(C)=O)c2ccccc21. The van der Waals surface area contributed by atoms with Crippen molar-refractivity contribution in [3.05, 3.63) is 42.1 Å². The predicted molar refractivity (Wildman–Crippen MR) is 64.6 cm³/mol. The molecule has 1 aromatic carbocycles. The number of nitrogens with zero attached hydrogens (tertiary/aromatic N) is 2. The van der Waals surface area contributed by atoms with Crippen LogP contribution in [0.5, 0.6) is 0 Å². The molecule has 0 N–H and O–H groups in total. The van der Waals surface area contributed by atoms with E-state index in [-0.39, 0.29) is 5.78 Å². The van der Waals surface area contributed by atoms with Crippen LogP contribution < -0.4 is 0 Å². The Labute approximate surface area is 94.4 Å². The molecule has 1 heterocycles. The van der Waals surface area contributed by atoms with Crippen LogP contribution in [0.1, 0.15) is 24.3 Å². The third kappa shape index (κ3) is 1.76. The van der Waals surface area contributed by atoms with Crippen LogP contribution in [-0.2, 0) is 6.54 Å². The molecule has 0 amide bonds. The Balaban J connectivity index is 2.61. The van der Waals surface area contributed by atoms with Crippen LogP contribution >= 0.6 is 0 Å². The lowest BCUT2D eigenvalue weighted by atomic mass is 10.2. The van der Waals surface area contributed by atoms with Gasteiger partial charge in [-0.1, -0.05) is 30.4 Å². The Bertz CT molecular complexity index is 552. The molecule has 3 heteroatoms. The number of hydrogen-bond acceptors (Lipinski definition) is 2. The van der Waals surface area contributed by atoms with E-state index in [4.69, 9.17) is 0 Å². The molecule has 82 valence electrons. The second-order valence-corrected chi connectivity index (χ2v) is 3.67. The molecule has 16 heavy (non-hydrogen) atoms. The van der Waals surface area contributed by atoms with E-state index in [1.54, 1.807) is 6.92 Å². The fourth-order valence-corrected chi connectivity index (χ4v) is 1.73. The smallest absolute Gasteiger partial charge is 0.180 e. The number of benzene rings is 1. The lowest BCUT2D eigenvalue weighted by Gasteiger charge is -1.97. The minimum absolute atomic E-state index is 0.00966. The zero-order valence-electron chi connectivity index (χ0n) is 9.47. The van der Waals surface area contributed by atoms with Gasteiger partial charge in [-0.15, -0.1) is 0 Å². The Morgan fingerprint density at radius 3 is 2.88 bits per heavy atom. The monoisotopic (exact) mass is 214 g/mol. The highest BCUT2D eigenvalue weighted by molar-refractivity contribution is 6.04. The molecule has 0 saturated carbocycles. The maximum absolute atomic E-state index is 11.5. The molecule has 3 nitrogen and oxygen atoms in total. The molecular formula is C13H14N2O. The second kappa shape index (κ2) is 4.31. The number of Topliss-reactive ketones (excluding diaryl/α,β-unsaturated/α-hetero) is 1. The molecule has 0 fully saturated rings. The summed E-state index contributed by atoms with van der Waals surface area (Å²) in [7, 11) is 0. The third-order valence-electron chi connectivity index (χ3n) is 2.51. The van der Waals surface area contributed by atoms with Gasteiger partial charge in [-0.05, 0) is 13.0 Å². The van der Waals surface area contributed by atoms with Gasteiger partial charge in [-0.3, -0.25) is 9.48 Å². The van der Waals surface area contributed by atoms with Crippen molar-refractivity contribution in [3.63, 3.8) is 0 Å². The van der Waals surface area contributed by atoms with Crippen LogP contribution in [-0.4, -0.2) is 15.6 Å². The fraction of sp³-hybridized carbons (Fsp3) is 0.231. The topological polar surface area (TPSA) is 34.9 Å². The van der Waals surface area contributed by atoms with E-state index in [2.05, 4.69) is 5.10 Å². The zero-order valence-corrected chi connectivity index (χ0v) is 9.47. The summed E-state index contributed by atoms with van der Waals surface area (Å²) in [6.07, 6.45) is 3.99. The van der Waals surface area contributed by atoms with E-state index >= 15 is 0 Å². The summed E-state index contributed by atoms with van der Waals surface area (Å²) in [5, 5.41) is 5.27. The highest BCUT2D eigenvalue weighted by atomic mass is 16.1. The van der Waals surface area contributed by atoms with E-state index in [0.717, 1.165) is 10.9 Å². The average Bonchev–Trinajstić information content (AvgIpc) is 2.65.